The van der Waals surface area contributed by atoms with Crippen molar-refractivity contribution in [2.24, 2.45) is 0 Å². The maximum absolute atomic E-state index is 12.8. The summed E-state index contributed by atoms with van der Waals surface area (Å²) in [5.41, 5.74) is 1.13. The van der Waals surface area contributed by atoms with Crippen molar-refractivity contribution in [3.8, 4) is 11.5 Å². The van der Waals surface area contributed by atoms with Gasteiger partial charge in [0, 0.05) is 30.8 Å². The second kappa shape index (κ2) is 8.81. The predicted octanol–water partition coefficient (Wildman–Crippen LogP) is 4.24. The number of nitrogens with one attached hydrogen (secondary N) is 1. The number of hydrogen-bond acceptors (Lipinski definition) is 6. The van der Waals surface area contributed by atoms with Crippen molar-refractivity contribution in [2.75, 3.05) is 30.4 Å². The van der Waals surface area contributed by atoms with Gasteiger partial charge < -0.3 is 19.7 Å². The molecule has 1 N–H and O–H groups in total. The van der Waals surface area contributed by atoms with Crippen molar-refractivity contribution in [1.29, 1.82) is 0 Å². The van der Waals surface area contributed by atoms with Gasteiger partial charge >= 0.3 is 0 Å². The molecule has 1 heterocycles. The predicted molar refractivity (Wildman–Crippen MR) is 111 cm³/mol. The summed E-state index contributed by atoms with van der Waals surface area (Å²) in [6.07, 6.45) is 1.93. The Bertz CT molecular complexity index is 907. The standard InChI is InChI=1S/C21H25N3O5/c1-14(2)29-20-9-7-16(28-3)13-17(20)22-21(25)15-6-8-18(19(12-15)24(26)27)23-10-4-5-11-23/h6-9,12-14H,4-5,10-11H2,1-3H3,(H,22,25). The van der Waals surface area contributed by atoms with Crippen LogP contribution in [-0.2, 0) is 0 Å². The van der Waals surface area contributed by atoms with Crippen LogP contribution < -0.4 is 19.7 Å². The average molecular weight is 399 g/mol. The zero-order valence-corrected chi connectivity index (χ0v) is 16.8. The van der Waals surface area contributed by atoms with E-state index in [0.29, 0.717) is 22.9 Å². The Balaban J connectivity index is 1.89. The number of benzene rings is 2. The van der Waals surface area contributed by atoms with Gasteiger partial charge in [0.2, 0.25) is 0 Å². The Morgan fingerprint density at radius 1 is 1.17 bits per heavy atom. The molecule has 154 valence electrons. The van der Waals surface area contributed by atoms with E-state index >= 15 is 0 Å². The maximum atomic E-state index is 12.8. The van der Waals surface area contributed by atoms with Crippen molar-refractivity contribution in [3.63, 3.8) is 0 Å². The number of hydrogen-bond donors (Lipinski definition) is 1. The van der Waals surface area contributed by atoms with Crippen molar-refractivity contribution in [1.82, 2.24) is 0 Å². The van der Waals surface area contributed by atoms with Crippen LogP contribution in [-0.4, -0.2) is 37.1 Å². The fourth-order valence-corrected chi connectivity index (χ4v) is 3.32. The number of nitrogens with zero attached hydrogens (tertiary/aromatic N) is 2. The van der Waals surface area contributed by atoms with Crippen LogP contribution in [0, 0.1) is 10.1 Å². The molecule has 0 saturated carbocycles. The molecule has 1 saturated heterocycles. The third-order valence-corrected chi connectivity index (χ3v) is 4.68. The molecule has 29 heavy (non-hydrogen) atoms. The van der Waals surface area contributed by atoms with Gasteiger partial charge in [0.25, 0.3) is 11.6 Å². The van der Waals surface area contributed by atoms with Crippen molar-refractivity contribution in [2.45, 2.75) is 32.8 Å². The first-order chi connectivity index (χ1) is 13.9. The Labute approximate surface area is 169 Å². The SMILES string of the molecule is COc1ccc(OC(C)C)c(NC(=O)c2ccc(N3CCCC3)c([N+](=O)[O-])c2)c1. The number of nitro benzene ring substituents is 1. The summed E-state index contributed by atoms with van der Waals surface area (Å²) >= 11 is 0. The highest BCUT2D eigenvalue weighted by Crippen LogP contribution is 2.33. The number of carbonyl (C=O) groups excluding carboxylic acids is 1. The van der Waals surface area contributed by atoms with E-state index in [2.05, 4.69) is 5.32 Å². The van der Waals surface area contributed by atoms with Gasteiger partial charge in [-0.25, -0.2) is 0 Å². The number of nitro groups is 1. The minimum Gasteiger partial charge on any atom is -0.497 e. The normalized spacial score (nSPS) is 13.4. The monoisotopic (exact) mass is 399 g/mol. The van der Waals surface area contributed by atoms with Crippen LogP contribution in [0.15, 0.2) is 36.4 Å². The lowest BCUT2D eigenvalue weighted by Crippen LogP contribution is -2.20. The van der Waals surface area contributed by atoms with E-state index in [0.717, 1.165) is 25.9 Å². The molecule has 0 aromatic heterocycles. The number of carbonyl (C=O) groups is 1. The second-order valence-corrected chi connectivity index (χ2v) is 7.14. The highest BCUT2D eigenvalue weighted by Gasteiger charge is 2.24. The highest BCUT2D eigenvalue weighted by molar-refractivity contribution is 6.06. The zero-order valence-electron chi connectivity index (χ0n) is 16.8. The molecular formula is C21H25N3O5. The summed E-state index contributed by atoms with van der Waals surface area (Å²) in [5, 5.41) is 14.4. The van der Waals surface area contributed by atoms with Crippen molar-refractivity contribution < 1.29 is 19.2 Å². The molecule has 2 aromatic carbocycles. The lowest BCUT2D eigenvalue weighted by atomic mass is 10.1. The number of ether oxygens (including phenoxy) is 2. The van der Waals surface area contributed by atoms with Gasteiger partial charge in [-0.05, 0) is 51.0 Å². The second-order valence-electron chi connectivity index (χ2n) is 7.14. The highest BCUT2D eigenvalue weighted by atomic mass is 16.6. The molecule has 1 aliphatic heterocycles. The first kappa shape index (κ1) is 20.4. The largest absolute Gasteiger partial charge is 0.497 e. The quantitative estimate of drug-likeness (QED) is 0.553. The Hall–Kier alpha value is -3.29. The lowest BCUT2D eigenvalue weighted by molar-refractivity contribution is -0.384. The lowest BCUT2D eigenvalue weighted by Gasteiger charge is -2.18. The third kappa shape index (κ3) is 4.77. The van der Waals surface area contributed by atoms with E-state index in [4.69, 9.17) is 9.47 Å². The van der Waals surface area contributed by atoms with Crippen LogP contribution >= 0.6 is 0 Å². The van der Waals surface area contributed by atoms with Gasteiger partial charge in [0.05, 0.1) is 23.8 Å². The molecular weight excluding hydrogens is 374 g/mol. The minimum absolute atomic E-state index is 0.0659. The van der Waals surface area contributed by atoms with Crippen LogP contribution in [0.4, 0.5) is 17.1 Å². The van der Waals surface area contributed by atoms with Gasteiger partial charge in [0.15, 0.2) is 0 Å². The summed E-state index contributed by atoms with van der Waals surface area (Å²) in [6, 6.07) is 9.69. The molecule has 0 atom stereocenters. The van der Waals surface area contributed by atoms with Crippen LogP contribution in [0.2, 0.25) is 0 Å². The molecule has 2 aromatic rings. The molecule has 0 spiro atoms. The van der Waals surface area contributed by atoms with E-state index < -0.39 is 10.8 Å². The summed E-state index contributed by atoms with van der Waals surface area (Å²) < 4.78 is 11.0. The summed E-state index contributed by atoms with van der Waals surface area (Å²) in [5.74, 6) is 0.604. The van der Waals surface area contributed by atoms with E-state index in [1.54, 1.807) is 30.3 Å². The maximum Gasteiger partial charge on any atom is 0.293 e. The molecule has 1 amide bonds. The Kier molecular flexibility index (Phi) is 6.21. The van der Waals surface area contributed by atoms with Gasteiger partial charge in [-0.15, -0.1) is 0 Å². The first-order valence-electron chi connectivity index (χ1n) is 9.58. The molecule has 1 aliphatic rings. The number of anilines is 2. The molecule has 3 rings (SSSR count). The molecule has 1 fully saturated rings. The van der Waals surface area contributed by atoms with E-state index in [1.165, 1.54) is 13.2 Å². The Morgan fingerprint density at radius 3 is 2.52 bits per heavy atom. The van der Waals surface area contributed by atoms with Gasteiger partial charge in [0.1, 0.15) is 17.2 Å². The summed E-state index contributed by atoms with van der Waals surface area (Å²) in [6.45, 7) is 5.34. The van der Waals surface area contributed by atoms with Crippen LogP contribution in [0.25, 0.3) is 0 Å². The number of methoxy groups -OCH3 is 1. The molecule has 0 bridgehead atoms. The first-order valence-corrected chi connectivity index (χ1v) is 9.58. The summed E-state index contributed by atoms with van der Waals surface area (Å²) in [7, 11) is 1.53. The van der Waals surface area contributed by atoms with E-state index in [1.807, 2.05) is 18.7 Å². The van der Waals surface area contributed by atoms with E-state index in [-0.39, 0.29) is 17.4 Å². The van der Waals surface area contributed by atoms with Gasteiger partial charge in [-0.1, -0.05) is 0 Å². The zero-order chi connectivity index (χ0) is 21.0. The van der Waals surface area contributed by atoms with Gasteiger partial charge in [-0.2, -0.15) is 0 Å². The molecule has 0 radical (unpaired) electrons. The molecule has 8 nitrogen and oxygen atoms in total. The van der Waals surface area contributed by atoms with E-state index in [9.17, 15) is 14.9 Å². The van der Waals surface area contributed by atoms with Crippen LogP contribution in [0.1, 0.15) is 37.0 Å². The minimum atomic E-state index is -0.456. The topological polar surface area (TPSA) is 93.9 Å². The van der Waals surface area contributed by atoms with Gasteiger partial charge in [-0.3, -0.25) is 14.9 Å². The van der Waals surface area contributed by atoms with Crippen LogP contribution in [0.5, 0.6) is 11.5 Å². The fourth-order valence-electron chi connectivity index (χ4n) is 3.32. The smallest absolute Gasteiger partial charge is 0.293 e. The number of amides is 1. The molecule has 0 unspecified atom stereocenters. The van der Waals surface area contributed by atoms with Crippen LogP contribution in [0.3, 0.4) is 0 Å². The summed E-state index contributed by atoms with van der Waals surface area (Å²) in [4.78, 5) is 25.9. The van der Waals surface area contributed by atoms with Crippen molar-refractivity contribution in [3.05, 3.63) is 52.1 Å². The average Bonchev–Trinajstić information content (AvgIpc) is 3.23. The third-order valence-electron chi connectivity index (χ3n) is 4.68. The van der Waals surface area contributed by atoms with Crippen molar-refractivity contribution >= 4 is 23.0 Å². The Morgan fingerprint density at radius 2 is 1.90 bits per heavy atom. The number of rotatable bonds is 7. The molecule has 0 aliphatic carbocycles. The molecule has 8 heteroatoms. The fraction of sp³-hybridized carbons (Fsp3) is 0.381.